The summed E-state index contributed by atoms with van der Waals surface area (Å²) >= 11 is 0. The highest BCUT2D eigenvalue weighted by atomic mass is 15.5. The zero-order valence-corrected chi connectivity index (χ0v) is 7.78. The standard InChI is InChI=1S/C7H15N5/c1-7(2,4-5-8)6-9-10-11-12(6)3/h4-5,8H2,1-3H3. The molecule has 5 nitrogen and oxygen atoms in total. The van der Waals surface area contributed by atoms with Gasteiger partial charge in [0.05, 0.1) is 0 Å². The molecule has 0 amide bonds. The van der Waals surface area contributed by atoms with E-state index in [1.807, 2.05) is 7.05 Å². The third-order valence-corrected chi connectivity index (χ3v) is 1.99. The van der Waals surface area contributed by atoms with Crippen LogP contribution in [0.3, 0.4) is 0 Å². The number of aromatic nitrogens is 4. The zero-order chi connectivity index (χ0) is 9.19. The van der Waals surface area contributed by atoms with Crippen molar-refractivity contribution < 1.29 is 0 Å². The highest BCUT2D eigenvalue weighted by molar-refractivity contribution is 5.00. The first-order valence-corrected chi connectivity index (χ1v) is 4.01. The number of rotatable bonds is 3. The Kier molecular flexibility index (Phi) is 2.42. The van der Waals surface area contributed by atoms with Gasteiger partial charge in [0.1, 0.15) is 0 Å². The second kappa shape index (κ2) is 3.18. The smallest absolute Gasteiger partial charge is 0.156 e. The topological polar surface area (TPSA) is 69.6 Å². The van der Waals surface area contributed by atoms with Crippen LogP contribution in [0.1, 0.15) is 26.1 Å². The van der Waals surface area contributed by atoms with E-state index in [0.29, 0.717) is 6.54 Å². The van der Waals surface area contributed by atoms with Gasteiger partial charge >= 0.3 is 0 Å². The van der Waals surface area contributed by atoms with E-state index in [0.717, 1.165) is 12.2 Å². The highest BCUT2D eigenvalue weighted by Crippen LogP contribution is 2.22. The van der Waals surface area contributed by atoms with E-state index in [1.54, 1.807) is 4.68 Å². The molecule has 0 spiro atoms. The molecule has 0 saturated heterocycles. The number of nitrogens with zero attached hydrogens (tertiary/aromatic N) is 4. The predicted octanol–water partition coefficient (Wildman–Crippen LogP) is -0.163. The molecular formula is C7H15N5. The summed E-state index contributed by atoms with van der Waals surface area (Å²) in [6, 6.07) is 0. The molecule has 12 heavy (non-hydrogen) atoms. The molecule has 2 N–H and O–H groups in total. The summed E-state index contributed by atoms with van der Waals surface area (Å²) in [5, 5.41) is 11.3. The normalized spacial score (nSPS) is 12.0. The van der Waals surface area contributed by atoms with E-state index in [2.05, 4.69) is 29.4 Å². The fourth-order valence-corrected chi connectivity index (χ4v) is 1.28. The van der Waals surface area contributed by atoms with Crippen LogP contribution in [0.15, 0.2) is 0 Å². The van der Waals surface area contributed by atoms with Gasteiger partial charge in [-0.3, -0.25) is 0 Å². The molecule has 68 valence electrons. The monoisotopic (exact) mass is 169 g/mol. The second-order valence-corrected chi connectivity index (χ2v) is 3.55. The number of tetrazole rings is 1. The van der Waals surface area contributed by atoms with Crippen LogP contribution in [0.25, 0.3) is 0 Å². The van der Waals surface area contributed by atoms with Gasteiger partial charge in [0.2, 0.25) is 0 Å². The van der Waals surface area contributed by atoms with Crippen LogP contribution in [-0.2, 0) is 12.5 Å². The van der Waals surface area contributed by atoms with Gasteiger partial charge in [-0.15, -0.1) is 5.10 Å². The molecule has 0 fully saturated rings. The summed E-state index contributed by atoms with van der Waals surface area (Å²) in [6.07, 6.45) is 0.890. The van der Waals surface area contributed by atoms with Crippen LogP contribution in [0.5, 0.6) is 0 Å². The molecule has 0 saturated carbocycles. The summed E-state index contributed by atoms with van der Waals surface area (Å²) in [7, 11) is 1.84. The molecule has 0 bridgehead atoms. The van der Waals surface area contributed by atoms with Crippen molar-refractivity contribution in [3.63, 3.8) is 0 Å². The van der Waals surface area contributed by atoms with Crippen molar-refractivity contribution in [2.75, 3.05) is 6.54 Å². The average molecular weight is 169 g/mol. The third-order valence-electron chi connectivity index (χ3n) is 1.99. The van der Waals surface area contributed by atoms with Crippen molar-refractivity contribution >= 4 is 0 Å². The minimum absolute atomic E-state index is 0.0347. The van der Waals surface area contributed by atoms with Crippen LogP contribution < -0.4 is 5.73 Å². The van der Waals surface area contributed by atoms with E-state index < -0.39 is 0 Å². The lowest BCUT2D eigenvalue weighted by atomic mass is 9.88. The van der Waals surface area contributed by atoms with Crippen LogP contribution in [0, 0.1) is 0 Å². The van der Waals surface area contributed by atoms with Crippen LogP contribution in [-0.4, -0.2) is 26.8 Å². The quantitative estimate of drug-likeness (QED) is 0.682. The maximum atomic E-state index is 5.49. The van der Waals surface area contributed by atoms with E-state index in [1.165, 1.54) is 0 Å². The van der Waals surface area contributed by atoms with E-state index >= 15 is 0 Å². The molecule has 1 rings (SSSR count). The zero-order valence-electron chi connectivity index (χ0n) is 7.78. The number of aryl methyl sites for hydroxylation is 1. The average Bonchev–Trinajstić information content (AvgIpc) is 2.35. The fourth-order valence-electron chi connectivity index (χ4n) is 1.28. The van der Waals surface area contributed by atoms with Gasteiger partial charge in [-0.1, -0.05) is 13.8 Å². The van der Waals surface area contributed by atoms with Crippen molar-refractivity contribution in [3.05, 3.63) is 5.82 Å². The molecule has 0 aliphatic carbocycles. The molecule has 0 aliphatic heterocycles. The third kappa shape index (κ3) is 1.61. The van der Waals surface area contributed by atoms with Crippen LogP contribution in [0.2, 0.25) is 0 Å². The Labute approximate surface area is 71.9 Å². The maximum Gasteiger partial charge on any atom is 0.156 e. The molecule has 0 radical (unpaired) electrons. The molecule has 0 atom stereocenters. The summed E-state index contributed by atoms with van der Waals surface area (Å²) in [6.45, 7) is 4.83. The summed E-state index contributed by atoms with van der Waals surface area (Å²) in [5.74, 6) is 0.882. The van der Waals surface area contributed by atoms with Gasteiger partial charge in [0.15, 0.2) is 5.82 Å². The Bertz CT molecular complexity index is 252. The lowest BCUT2D eigenvalue weighted by molar-refractivity contribution is 0.434. The molecule has 1 aromatic rings. The number of hydrogen-bond donors (Lipinski definition) is 1. The van der Waals surface area contributed by atoms with Crippen molar-refractivity contribution in [2.24, 2.45) is 12.8 Å². The summed E-state index contributed by atoms with van der Waals surface area (Å²) in [5.41, 5.74) is 5.46. The number of hydrogen-bond acceptors (Lipinski definition) is 4. The Morgan fingerprint density at radius 1 is 1.50 bits per heavy atom. The Balaban J connectivity index is 2.88. The first kappa shape index (κ1) is 9.12. The Morgan fingerprint density at radius 3 is 2.58 bits per heavy atom. The van der Waals surface area contributed by atoms with Gasteiger partial charge in [-0.25, -0.2) is 4.68 Å². The molecule has 0 aromatic carbocycles. The summed E-state index contributed by atoms with van der Waals surface area (Å²) < 4.78 is 1.69. The molecule has 1 aromatic heterocycles. The second-order valence-electron chi connectivity index (χ2n) is 3.55. The van der Waals surface area contributed by atoms with Crippen molar-refractivity contribution in [1.29, 1.82) is 0 Å². The first-order chi connectivity index (χ1) is 5.58. The minimum atomic E-state index is -0.0347. The van der Waals surface area contributed by atoms with Gasteiger partial charge in [-0.2, -0.15) is 0 Å². The lowest BCUT2D eigenvalue weighted by Crippen LogP contribution is -2.25. The highest BCUT2D eigenvalue weighted by Gasteiger charge is 2.25. The van der Waals surface area contributed by atoms with E-state index in [4.69, 9.17) is 5.73 Å². The number of nitrogens with two attached hydrogens (primary N) is 1. The maximum absolute atomic E-state index is 5.49. The predicted molar refractivity (Wildman–Crippen MR) is 45.5 cm³/mol. The lowest BCUT2D eigenvalue weighted by Gasteiger charge is -2.20. The first-order valence-electron chi connectivity index (χ1n) is 4.01. The summed E-state index contributed by atoms with van der Waals surface area (Å²) in [4.78, 5) is 0. The molecule has 0 aliphatic rings. The van der Waals surface area contributed by atoms with Crippen LogP contribution >= 0.6 is 0 Å². The largest absolute Gasteiger partial charge is 0.330 e. The SMILES string of the molecule is Cn1nnnc1C(C)(C)CCN. The van der Waals surface area contributed by atoms with Gasteiger partial charge in [0.25, 0.3) is 0 Å². The molecule has 0 unspecified atom stereocenters. The van der Waals surface area contributed by atoms with Gasteiger partial charge in [0, 0.05) is 12.5 Å². The molecule has 1 heterocycles. The Morgan fingerprint density at radius 2 is 2.17 bits per heavy atom. The van der Waals surface area contributed by atoms with Crippen molar-refractivity contribution in [1.82, 2.24) is 20.2 Å². The Hall–Kier alpha value is -0.970. The minimum Gasteiger partial charge on any atom is -0.330 e. The van der Waals surface area contributed by atoms with E-state index in [9.17, 15) is 0 Å². The molecule has 5 heteroatoms. The van der Waals surface area contributed by atoms with Crippen molar-refractivity contribution in [3.8, 4) is 0 Å². The van der Waals surface area contributed by atoms with Gasteiger partial charge < -0.3 is 5.73 Å². The fraction of sp³-hybridized carbons (Fsp3) is 0.857. The molecular weight excluding hydrogens is 154 g/mol. The van der Waals surface area contributed by atoms with Crippen LogP contribution in [0.4, 0.5) is 0 Å². The van der Waals surface area contributed by atoms with Crippen molar-refractivity contribution in [2.45, 2.75) is 25.7 Å². The van der Waals surface area contributed by atoms with E-state index in [-0.39, 0.29) is 5.41 Å². The van der Waals surface area contributed by atoms with Gasteiger partial charge in [-0.05, 0) is 23.4 Å².